The summed E-state index contributed by atoms with van der Waals surface area (Å²) in [4.78, 5) is 21.1. The summed E-state index contributed by atoms with van der Waals surface area (Å²) >= 11 is 5.92. The minimum absolute atomic E-state index is 0.0142. The highest BCUT2D eigenvalue weighted by atomic mass is 35.5. The van der Waals surface area contributed by atoms with Crippen LogP contribution in [0, 0.1) is 5.82 Å². The summed E-state index contributed by atoms with van der Waals surface area (Å²) in [7, 11) is 1.51. The lowest BCUT2D eigenvalue weighted by molar-refractivity contribution is 0.0779. The Kier molecular flexibility index (Phi) is 4.14. The smallest absolute Gasteiger partial charge is 0.276 e. The highest BCUT2D eigenvalue weighted by Gasteiger charge is 2.19. The van der Waals surface area contributed by atoms with Gasteiger partial charge in [0.25, 0.3) is 5.91 Å². The molecule has 0 unspecified atom stereocenters. The zero-order chi connectivity index (χ0) is 14.7. The van der Waals surface area contributed by atoms with Gasteiger partial charge in [-0.3, -0.25) is 4.79 Å². The molecular weight excluding hydrogens is 283 g/mol. The van der Waals surface area contributed by atoms with E-state index in [4.69, 9.17) is 17.3 Å². The number of halogens is 2. The molecule has 0 bridgehead atoms. The van der Waals surface area contributed by atoms with Gasteiger partial charge < -0.3 is 10.6 Å². The number of carbonyl (C=O) groups is 1. The molecule has 0 atom stereocenters. The zero-order valence-corrected chi connectivity index (χ0v) is 11.4. The number of nitrogen functional groups attached to an aromatic ring is 1. The van der Waals surface area contributed by atoms with Crippen LogP contribution in [0.15, 0.2) is 30.6 Å². The summed E-state index contributed by atoms with van der Waals surface area (Å²) in [6.07, 6.45) is 2.76. The fourth-order valence-electron chi connectivity index (χ4n) is 1.69. The number of anilines is 1. The first-order valence-corrected chi connectivity index (χ1v) is 6.13. The van der Waals surface area contributed by atoms with Crippen LogP contribution in [-0.2, 0) is 6.54 Å². The van der Waals surface area contributed by atoms with E-state index in [1.165, 1.54) is 36.5 Å². The second kappa shape index (κ2) is 5.83. The van der Waals surface area contributed by atoms with E-state index < -0.39 is 11.7 Å². The Morgan fingerprint density at radius 2 is 2.10 bits per heavy atom. The van der Waals surface area contributed by atoms with Crippen molar-refractivity contribution < 1.29 is 9.18 Å². The van der Waals surface area contributed by atoms with E-state index in [9.17, 15) is 9.18 Å². The van der Waals surface area contributed by atoms with Crippen molar-refractivity contribution in [2.75, 3.05) is 12.8 Å². The molecule has 5 nitrogen and oxygen atoms in total. The van der Waals surface area contributed by atoms with Crippen molar-refractivity contribution in [1.29, 1.82) is 0 Å². The Morgan fingerprint density at radius 3 is 2.75 bits per heavy atom. The van der Waals surface area contributed by atoms with Gasteiger partial charge in [-0.05, 0) is 12.1 Å². The summed E-state index contributed by atoms with van der Waals surface area (Å²) in [6.45, 7) is 0.0142. The van der Waals surface area contributed by atoms with Crippen molar-refractivity contribution in [3.8, 4) is 0 Å². The molecule has 104 valence electrons. The first-order chi connectivity index (χ1) is 9.50. The number of amides is 1. The molecule has 2 aromatic rings. The third kappa shape index (κ3) is 2.85. The maximum atomic E-state index is 13.7. The quantitative estimate of drug-likeness (QED) is 0.941. The third-order valence-corrected chi connectivity index (χ3v) is 3.09. The number of rotatable bonds is 3. The summed E-state index contributed by atoms with van der Waals surface area (Å²) in [6, 6.07) is 4.36. The van der Waals surface area contributed by atoms with Crippen LogP contribution in [0.25, 0.3) is 0 Å². The van der Waals surface area contributed by atoms with Crippen LogP contribution in [0.3, 0.4) is 0 Å². The topological polar surface area (TPSA) is 72.1 Å². The van der Waals surface area contributed by atoms with E-state index in [1.807, 2.05) is 0 Å². The standard InChI is InChI=1S/C13H12ClFN4O/c1-19(7-8-9(14)3-2-4-10(8)15)13(20)11-12(16)18-6-5-17-11/h2-6H,7H2,1H3,(H2,16,18). The number of aromatic nitrogens is 2. The first kappa shape index (κ1) is 14.2. The number of nitrogens with two attached hydrogens (primary N) is 1. The molecule has 0 fully saturated rings. The van der Waals surface area contributed by atoms with Crippen molar-refractivity contribution in [3.05, 3.63) is 52.7 Å². The van der Waals surface area contributed by atoms with Crippen molar-refractivity contribution in [3.63, 3.8) is 0 Å². The van der Waals surface area contributed by atoms with Gasteiger partial charge in [0.2, 0.25) is 0 Å². The van der Waals surface area contributed by atoms with Gasteiger partial charge in [-0.15, -0.1) is 0 Å². The Bertz CT molecular complexity index is 630. The molecule has 1 aromatic heterocycles. The fourth-order valence-corrected chi connectivity index (χ4v) is 1.91. The van der Waals surface area contributed by atoms with Gasteiger partial charge in [0.15, 0.2) is 11.5 Å². The molecule has 1 heterocycles. The zero-order valence-electron chi connectivity index (χ0n) is 10.7. The van der Waals surface area contributed by atoms with Crippen LogP contribution in [-0.4, -0.2) is 27.8 Å². The molecule has 0 aliphatic rings. The van der Waals surface area contributed by atoms with E-state index in [0.29, 0.717) is 0 Å². The molecule has 7 heteroatoms. The molecule has 2 N–H and O–H groups in total. The Balaban J connectivity index is 2.23. The van der Waals surface area contributed by atoms with Gasteiger partial charge in [0, 0.05) is 30.0 Å². The van der Waals surface area contributed by atoms with Crippen LogP contribution in [0.2, 0.25) is 5.02 Å². The molecule has 0 saturated heterocycles. The van der Waals surface area contributed by atoms with Gasteiger partial charge in [-0.2, -0.15) is 0 Å². The summed E-state index contributed by atoms with van der Waals surface area (Å²) in [5.41, 5.74) is 5.86. The van der Waals surface area contributed by atoms with Gasteiger partial charge in [0.05, 0.1) is 6.54 Å². The lowest BCUT2D eigenvalue weighted by atomic mass is 10.2. The van der Waals surface area contributed by atoms with E-state index in [-0.39, 0.29) is 28.6 Å². The molecule has 2 rings (SSSR count). The van der Waals surface area contributed by atoms with Crippen molar-refractivity contribution in [2.45, 2.75) is 6.54 Å². The molecule has 0 aliphatic heterocycles. The molecule has 0 aliphatic carbocycles. The molecular formula is C13H12ClFN4O. The SMILES string of the molecule is CN(Cc1c(F)cccc1Cl)C(=O)c1nccnc1N. The van der Waals surface area contributed by atoms with Gasteiger partial charge in [-0.1, -0.05) is 17.7 Å². The maximum Gasteiger partial charge on any atom is 0.276 e. The lowest BCUT2D eigenvalue weighted by Crippen LogP contribution is -2.28. The summed E-state index contributed by atoms with van der Waals surface area (Å²) in [5.74, 6) is -0.886. The summed E-state index contributed by atoms with van der Waals surface area (Å²) in [5, 5.41) is 0.261. The first-order valence-electron chi connectivity index (χ1n) is 5.75. The average molecular weight is 295 g/mol. The van der Waals surface area contributed by atoms with Gasteiger partial charge in [-0.25, -0.2) is 14.4 Å². The van der Waals surface area contributed by atoms with E-state index >= 15 is 0 Å². The average Bonchev–Trinajstić information content (AvgIpc) is 2.42. The monoisotopic (exact) mass is 294 g/mol. The molecule has 0 spiro atoms. The minimum Gasteiger partial charge on any atom is -0.382 e. The second-order valence-corrected chi connectivity index (χ2v) is 4.56. The van der Waals surface area contributed by atoms with Crippen LogP contribution < -0.4 is 5.73 Å². The number of hydrogen-bond donors (Lipinski definition) is 1. The van der Waals surface area contributed by atoms with Crippen molar-refractivity contribution in [2.24, 2.45) is 0 Å². The number of hydrogen-bond acceptors (Lipinski definition) is 4. The predicted molar refractivity (Wildman–Crippen MR) is 73.7 cm³/mol. The largest absolute Gasteiger partial charge is 0.382 e. The molecule has 0 radical (unpaired) electrons. The number of carbonyl (C=O) groups excluding carboxylic acids is 1. The van der Waals surface area contributed by atoms with Crippen LogP contribution in [0.1, 0.15) is 16.1 Å². The van der Waals surface area contributed by atoms with Gasteiger partial charge >= 0.3 is 0 Å². The van der Waals surface area contributed by atoms with Crippen molar-refractivity contribution >= 4 is 23.3 Å². The number of benzene rings is 1. The van der Waals surface area contributed by atoms with E-state index in [2.05, 4.69) is 9.97 Å². The lowest BCUT2D eigenvalue weighted by Gasteiger charge is -2.18. The van der Waals surface area contributed by atoms with E-state index in [1.54, 1.807) is 6.07 Å². The maximum absolute atomic E-state index is 13.7. The predicted octanol–water partition coefficient (Wildman–Crippen LogP) is 2.12. The molecule has 1 amide bonds. The normalized spacial score (nSPS) is 10.3. The second-order valence-electron chi connectivity index (χ2n) is 4.15. The fraction of sp³-hybridized carbons (Fsp3) is 0.154. The van der Waals surface area contributed by atoms with Crippen LogP contribution in [0.4, 0.5) is 10.2 Å². The Morgan fingerprint density at radius 1 is 1.40 bits per heavy atom. The Labute approximate surface area is 120 Å². The van der Waals surface area contributed by atoms with Gasteiger partial charge in [0.1, 0.15) is 5.82 Å². The Hall–Kier alpha value is -2.21. The van der Waals surface area contributed by atoms with Crippen LogP contribution in [0.5, 0.6) is 0 Å². The highest BCUT2D eigenvalue weighted by molar-refractivity contribution is 6.31. The molecule has 0 saturated carbocycles. The number of nitrogens with zero attached hydrogens (tertiary/aromatic N) is 3. The highest BCUT2D eigenvalue weighted by Crippen LogP contribution is 2.21. The minimum atomic E-state index is -0.468. The van der Waals surface area contributed by atoms with Crippen LogP contribution >= 0.6 is 11.6 Å². The van der Waals surface area contributed by atoms with E-state index in [0.717, 1.165) is 0 Å². The molecule has 20 heavy (non-hydrogen) atoms. The third-order valence-electron chi connectivity index (χ3n) is 2.73. The summed E-state index contributed by atoms with van der Waals surface area (Å²) < 4.78 is 13.7. The molecule has 1 aromatic carbocycles. The van der Waals surface area contributed by atoms with Crippen molar-refractivity contribution in [1.82, 2.24) is 14.9 Å².